The third kappa shape index (κ3) is 3.83. The SMILES string of the molecule is Cc1cc(/C=N\NC(=O)c2ccc(F)cc2)c(C)n1-c1ccc(Cl)cc1. The highest BCUT2D eigenvalue weighted by molar-refractivity contribution is 6.30. The zero-order chi connectivity index (χ0) is 18.7. The highest BCUT2D eigenvalue weighted by Crippen LogP contribution is 2.21. The lowest BCUT2D eigenvalue weighted by Gasteiger charge is -2.09. The maximum absolute atomic E-state index is 12.9. The average Bonchev–Trinajstić information content (AvgIpc) is 2.90. The normalized spacial score (nSPS) is 11.1. The van der Waals surface area contributed by atoms with Crippen molar-refractivity contribution in [3.8, 4) is 5.69 Å². The lowest BCUT2D eigenvalue weighted by Crippen LogP contribution is -2.17. The summed E-state index contributed by atoms with van der Waals surface area (Å²) in [6.45, 7) is 3.97. The van der Waals surface area contributed by atoms with Gasteiger partial charge in [-0.05, 0) is 68.4 Å². The molecule has 0 bridgehead atoms. The van der Waals surface area contributed by atoms with Crippen molar-refractivity contribution in [3.63, 3.8) is 0 Å². The van der Waals surface area contributed by atoms with Crippen molar-refractivity contribution in [2.75, 3.05) is 0 Å². The Morgan fingerprint density at radius 1 is 1.12 bits per heavy atom. The van der Waals surface area contributed by atoms with Gasteiger partial charge < -0.3 is 4.57 Å². The van der Waals surface area contributed by atoms with Crippen LogP contribution in [0.2, 0.25) is 5.02 Å². The molecule has 3 aromatic rings. The molecule has 0 unspecified atom stereocenters. The molecule has 0 spiro atoms. The van der Waals surface area contributed by atoms with Gasteiger partial charge in [0.15, 0.2) is 0 Å². The second-order valence-electron chi connectivity index (χ2n) is 5.84. The third-order valence-corrected chi connectivity index (χ3v) is 4.28. The number of hydrazone groups is 1. The quantitative estimate of drug-likeness (QED) is 0.528. The summed E-state index contributed by atoms with van der Waals surface area (Å²) < 4.78 is 15.0. The van der Waals surface area contributed by atoms with E-state index in [1.54, 1.807) is 6.21 Å². The van der Waals surface area contributed by atoms with Crippen LogP contribution in [0.5, 0.6) is 0 Å². The topological polar surface area (TPSA) is 46.4 Å². The van der Waals surface area contributed by atoms with Crippen molar-refractivity contribution < 1.29 is 9.18 Å². The molecule has 0 atom stereocenters. The molecule has 0 aliphatic rings. The standard InChI is InChI=1S/C20H17ClFN3O/c1-13-11-16(14(2)25(13)19-9-5-17(21)6-10-19)12-23-24-20(26)15-3-7-18(22)8-4-15/h3-12H,1-2H3,(H,24,26)/b23-12-. The zero-order valence-corrected chi connectivity index (χ0v) is 15.1. The van der Waals surface area contributed by atoms with E-state index in [1.165, 1.54) is 24.3 Å². The van der Waals surface area contributed by atoms with Gasteiger partial charge in [-0.2, -0.15) is 5.10 Å². The number of carbonyl (C=O) groups excluding carboxylic acids is 1. The van der Waals surface area contributed by atoms with Crippen LogP contribution in [-0.2, 0) is 0 Å². The highest BCUT2D eigenvalue weighted by Gasteiger charge is 2.10. The van der Waals surface area contributed by atoms with Gasteiger partial charge in [-0.25, -0.2) is 9.82 Å². The monoisotopic (exact) mass is 369 g/mol. The first-order valence-electron chi connectivity index (χ1n) is 7.99. The van der Waals surface area contributed by atoms with Crippen molar-refractivity contribution in [3.05, 3.63) is 88.0 Å². The Bertz CT molecular complexity index is 960. The van der Waals surface area contributed by atoms with E-state index in [-0.39, 0.29) is 5.82 Å². The number of aromatic nitrogens is 1. The van der Waals surface area contributed by atoms with Gasteiger partial charge in [0.25, 0.3) is 5.91 Å². The van der Waals surface area contributed by atoms with Crippen molar-refractivity contribution in [2.24, 2.45) is 5.10 Å². The molecule has 0 saturated heterocycles. The number of halogens is 2. The fourth-order valence-corrected chi connectivity index (χ4v) is 2.86. The van der Waals surface area contributed by atoms with Gasteiger partial charge in [0, 0.05) is 33.2 Å². The van der Waals surface area contributed by atoms with Crippen molar-refractivity contribution in [2.45, 2.75) is 13.8 Å². The van der Waals surface area contributed by atoms with Crippen LogP contribution in [0.3, 0.4) is 0 Å². The molecule has 1 aromatic heterocycles. The Morgan fingerprint density at radius 2 is 1.77 bits per heavy atom. The molecule has 1 N–H and O–H groups in total. The summed E-state index contributed by atoms with van der Waals surface area (Å²) in [5, 5.41) is 4.69. The molecule has 0 fully saturated rings. The minimum absolute atomic E-state index is 0.343. The number of carbonyl (C=O) groups is 1. The molecule has 1 heterocycles. The summed E-state index contributed by atoms with van der Waals surface area (Å²) in [5.41, 5.74) is 6.71. The Kier molecular flexibility index (Phi) is 5.19. The molecule has 1 amide bonds. The van der Waals surface area contributed by atoms with Crippen LogP contribution in [0.15, 0.2) is 59.7 Å². The second-order valence-corrected chi connectivity index (χ2v) is 6.28. The molecule has 26 heavy (non-hydrogen) atoms. The maximum Gasteiger partial charge on any atom is 0.271 e. The van der Waals surface area contributed by atoms with E-state index < -0.39 is 5.91 Å². The van der Waals surface area contributed by atoms with E-state index in [2.05, 4.69) is 15.1 Å². The first-order chi connectivity index (χ1) is 12.5. The van der Waals surface area contributed by atoms with E-state index in [0.29, 0.717) is 10.6 Å². The van der Waals surface area contributed by atoms with Crippen LogP contribution in [0.1, 0.15) is 27.3 Å². The van der Waals surface area contributed by atoms with E-state index in [0.717, 1.165) is 22.6 Å². The highest BCUT2D eigenvalue weighted by atomic mass is 35.5. The number of aryl methyl sites for hydroxylation is 1. The Hall–Kier alpha value is -2.92. The number of rotatable bonds is 4. The van der Waals surface area contributed by atoms with Crippen LogP contribution in [-0.4, -0.2) is 16.7 Å². The molecule has 4 nitrogen and oxygen atoms in total. The Balaban J connectivity index is 1.77. The second kappa shape index (κ2) is 7.54. The van der Waals surface area contributed by atoms with E-state index in [4.69, 9.17) is 11.6 Å². The predicted molar refractivity (Wildman–Crippen MR) is 102 cm³/mol. The van der Waals surface area contributed by atoms with Crippen LogP contribution in [0.25, 0.3) is 5.69 Å². The van der Waals surface area contributed by atoms with Gasteiger partial charge in [-0.3, -0.25) is 4.79 Å². The lowest BCUT2D eigenvalue weighted by molar-refractivity contribution is 0.0955. The number of hydrogen-bond donors (Lipinski definition) is 1. The minimum atomic E-state index is -0.396. The first-order valence-corrected chi connectivity index (χ1v) is 8.37. The molecule has 0 saturated carbocycles. The van der Waals surface area contributed by atoms with E-state index in [9.17, 15) is 9.18 Å². The summed E-state index contributed by atoms with van der Waals surface area (Å²) in [6.07, 6.45) is 1.59. The summed E-state index contributed by atoms with van der Waals surface area (Å²) >= 11 is 5.95. The predicted octanol–water partition coefficient (Wildman–Crippen LogP) is 4.65. The lowest BCUT2D eigenvalue weighted by atomic mass is 10.2. The Labute approximate surface area is 155 Å². The summed E-state index contributed by atoms with van der Waals surface area (Å²) in [4.78, 5) is 12.0. The van der Waals surface area contributed by atoms with Crippen LogP contribution >= 0.6 is 11.6 Å². The third-order valence-electron chi connectivity index (χ3n) is 4.03. The maximum atomic E-state index is 12.9. The molecule has 0 radical (unpaired) electrons. The summed E-state index contributed by atoms with van der Waals surface area (Å²) in [5.74, 6) is -0.785. The largest absolute Gasteiger partial charge is 0.318 e. The molecule has 2 aromatic carbocycles. The van der Waals surface area contributed by atoms with E-state index >= 15 is 0 Å². The van der Waals surface area contributed by atoms with Crippen molar-refractivity contribution >= 4 is 23.7 Å². The molecule has 0 aliphatic heterocycles. The van der Waals surface area contributed by atoms with Gasteiger partial charge in [-0.1, -0.05) is 11.6 Å². The molecule has 0 aliphatic carbocycles. The number of amides is 1. The fourth-order valence-electron chi connectivity index (χ4n) is 2.73. The molecule has 3 rings (SSSR count). The average molecular weight is 370 g/mol. The zero-order valence-electron chi connectivity index (χ0n) is 14.3. The molecular formula is C20H17ClFN3O. The number of nitrogens with zero attached hydrogens (tertiary/aromatic N) is 2. The van der Waals surface area contributed by atoms with Crippen LogP contribution in [0, 0.1) is 19.7 Å². The minimum Gasteiger partial charge on any atom is -0.318 e. The number of nitrogens with one attached hydrogen (secondary N) is 1. The summed E-state index contributed by atoms with van der Waals surface area (Å²) in [6, 6.07) is 14.8. The fraction of sp³-hybridized carbons (Fsp3) is 0.100. The number of hydrogen-bond acceptors (Lipinski definition) is 2. The van der Waals surface area contributed by atoms with Crippen molar-refractivity contribution in [1.29, 1.82) is 0 Å². The smallest absolute Gasteiger partial charge is 0.271 e. The molecule has 6 heteroatoms. The number of benzene rings is 2. The first kappa shape index (κ1) is 17.9. The molecule has 132 valence electrons. The van der Waals surface area contributed by atoms with Crippen LogP contribution in [0.4, 0.5) is 4.39 Å². The van der Waals surface area contributed by atoms with Gasteiger partial charge in [-0.15, -0.1) is 0 Å². The van der Waals surface area contributed by atoms with Gasteiger partial charge in [0.05, 0.1) is 6.21 Å². The van der Waals surface area contributed by atoms with E-state index in [1.807, 2.05) is 44.2 Å². The summed E-state index contributed by atoms with van der Waals surface area (Å²) in [7, 11) is 0. The van der Waals surface area contributed by atoms with Gasteiger partial charge in [0.2, 0.25) is 0 Å². The van der Waals surface area contributed by atoms with Gasteiger partial charge >= 0.3 is 0 Å². The Morgan fingerprint density at radius 3 is 2.42 bits per heavy atom. The van der Waals surface area contributed by atoms with Crippen molar-refractivity contribution in [1.82, 2.24) is 9.99 Å². The van der Waals surface area contributed by atoms with Gasteiger partial charge in [0.1, 0.15) is 5.82 Å². The molecular weight excluding hydrogens is 353 g/mol. The van der Waals surface area contributed by atoms with Crippen LogP contribution < -0.4 is 5.43 Å².